The SMILES string of the molecule is CCCCN(CCO)C(=O)COc1ccc(C#N)cc1OC. The van der Waals surface area contributed by atoms with Crippen molar-refractivity contribution in [2.75, 3.05) is 33.4 Å². The Labute approximate surface area is 130 Å². The van der Waals surface area contributed by atoms with Gasteiger partial charge in [0.1, 0.15) is 0 Å². The van der Waals surface area contributed by atoms with Crippen LogP contribution in [0.15, 0.2) is 18.2 Å². The second-order valence-corrected chi connectivity index (χ2v) is 4.72. The number of unbranched alkanes of at least 4 members (excludes halogenated alkanes) is 1. The monoisotopic (exact) mass is 306 g/mol. The molecular formula is C16H22N2O4. The van der Waals surface area contributed by atoms with Crippen LogP contribution in [-0.4, -0.2) is 49.3 Å². The average Bonchev–Trinajstić information content (AvgIpc) is 2.56. The summed E-state index contributed by atoms with van der Waals surface area (Å²) in [6, 6.07) is 6.78. The van der Waals surface area contributed by atoms with Crippen LogP contribution in [0.25, 0.3) is 0 Å². The number of methoxy groups -OCH3 is 1. The van der Waals surface area contributed by atoms with Crippen molar-refractivity contribution in [1.29, 1.82) is 5.26 Å². The summed E-state index contributed by atoms with van der Waals surface area (Å²) in [7, 11) is 1.48. The van der Waals surface area contributed by atoms with Crippen LogP contribution in [0.1, 0.15) is 25.3 Å². The lowest BCUT2D eigenvalue weighted by atomic mass is 10.2. The molecule has 0 heterocycles. The zero-order valence-corrected chi connectivity index (χ0v) is 13.0. The predicted molar refractivity (Wildman–Crippen MR) is 81.8 cm³/mol. The van der Waals surface area contributed by atoms with Crippen LogP contribution in [0.3, 0.4) is 0 Å². The molecule has 0 fully saturated rings. The summed E-state index contributed by atoms with van der Waals surface area (Å²) in [5.41, 5.74) is 0.459. The van der Waals surface area contributed by atoms with Gasteiger partial charge in [-0.3, -0.25) is 4.79 Å². The minimum atomic E-state index is -0.186. The Kier molecular flexibility index (Phi) is 7.79. The van der Waals surface area contributed by atoms with Gasteiger partial charge in [-0.15, -0.1) is 0 Å². The second-order valence-electron chi connectivity index (χ2n) is 4.72. The lowest BCUT2D eigenvalue weighted by molar-refractivity contribution is -0.134. The fourth-order valence-corrected chi connectivity index (χ4v) is 1.92. The second kappa shape index (κ2) is 9.64. The summed E-state index contributed by atoms with van der Waals surface area (Å²) in [5.74, 6) is 0.636. The molecular weight excluding hydrogens is 284 g/mol. The molecule has 0 aliphatic carbocycles. The van der Waals surface area contributed by atoms with E-state index in [2.05, 4.69) is 0 Å². The van der Waals surface area contributed by atoms with Gasteiger partial charge < -0.3 is 19.5 Å². The highest BCUT2D eigenvalue weighted by atomic mass is 16.5. The van der Waals surface area contributed by atoms with E-state index in [1.165, 1.54) is 7.11 Å². The van der Waals surface area contributed by atoms with Gasteiger partial charge in [-0.25, -0.2) is 0 Å². The fraction of sp³-hybridized carbons (Fsp3) is 0.500. The molecule has 1 rings (SSSR count). The number of rotatable bonds is 9. The molecule has 0 saturated heterocycles. The number of carbonyl (C=O) groups excluding carboxylic acids is 1. The first-order chi connectivity index (χ1) is 10.7. The van der Waals surface area contributed by atoms with Crippen LogP contribution < -0.4 is 9.47 Å². The van der Waals surface area contributed by atoms with E-state index in [9.17, 15) is 4.79 Å². The zero-order chi connectivity index (χ0) is 16.4. The number of carbonyl (C=O) groups is 1. The van der Waals surface area contributed by atoms with Crippen LogP contribution in [-0.2, 0) is 4.79 Å². The third-order valence-corrected chi connectivity index (χ3v) is 3.15. The maximum atomic E-state index is 12.1. The van der Waals surface area contributed by atoms with E-state index in [1.807, 2.05) is 13.0 Å². The van der Waals surface area contributed by atoms with Gasteiger partial charge in [-0.05, 0) is 18.6 Å². The molecule has 0 aliphatic heterocycles. The largest absolute Gasteiger partial charge is 0.493 e. The number of aliphatic hydroxyl groups is 1. The highest BCUT2D eigenvalue weighted by Gasteiger charge is 2.14. The van der Waals surface area contributed by atoms with Crippen molar-refractivity contribution in [2.24, 2.45) is 0 Å². The number of hydrogen-bond donors (Lipinski definition) is 1. The standard InChI is InChI=1S/C16H22N2O4/c1-3-4-7-18(8-9-19)16(20)12-22-14-6-5-13(11-17)10-15(14)21-2/h5-6,10,19H,3-4,7-9,12H2,1-2H3. The molecule has 0 aromatic heterocycles. The Balaban J connectivity index is 2.67. The average molecular weight is 306 g/mol. The first-order valence-corrected chi connectivity index (χ1v) is 7.25. The lowest BCUT2D eigenvalue weighted by Gasteiger charge is -2.21. The van der Waals surface area contributed by atoms with Gasteiger partial charge in [0.15, 0.2) is 18.1 Å². The molecule has 0 radical (unpaired) electrons. The molecule has 22 heavy (non-hydrogen) atoms. The van der Waals surface area contributed by atoms with Gasteiger partial charge in [0.05, 0.1) is 25.3 Å². The van der Waals surface area contributed by atoms with E-state index in [-0.39, 0.29) is 19.1 Å². The van der Waals surface area contributed by atoms with Crippen molar-refractivity contribution in [3.63, 3.8) is 0 Å². The van der Waals surface area contributed by atoms with Crippen LogP contribution in [0.5, 0.6) is 11.5 Å². The van der Waals surface area contributed by atoms with Crippen LogP contribution in [0.4, 0.5) is 0 Å². The molecule has 0 spiro atoms. The molecule has 0 atom stereocenters. The van der Waals surface area contributed by atoms with E-state index in [0.29, 0.717) is 30.2 Å². The number of nitrogens with zero attached hydrogens (tertiary/aromatic N) is 2. The predicted octanol–water partition coefficient (Wildman–Crippen LogP) is 1.57. The van der Waals surface area contributed by atoms with Gasteiger partial charge in [-0.2, -0.15) is 5.26 Å². The van der Waals surface area contributed by atoms with Gasteiger partial charge in [0, 0.05) is 19.2 Å². The molecule has 1 aromatic carbocycles. The first-order valence-electron chi connectivity index (χ1n) is 7.25. The van der Waals surface area contributed by atoms with Gasteiger partial charge in [-0.1, -0.05) is 13.3 Å². The smallest absolute Gasteiger partial charge is 0.260 e. The number of hydrogen-bond acceptors (Lipinski definition) is 5. The first kappa shape index (κ1) is 17.8. The van der Waals surface area contributed by atoms with Crippen molar-refractivity contribution in [2.45, 2.75) is 19.8 Å². The van der Waals surface area contributed by atoms with Crippen molar-refractivity contribution in [3.05, 3.63) is 23.8 Å². The van der Waals surface area contributed by atoms with Gasteiger partial charge >= 0.3 is 0 Å². The van der Waals surface area contributed by atoms with Crippen molar-refractivity contribution < 1.29 is 19.4 Å². The lowest BCUT2D eigenvalue weighted by Crippen LogP contribution is -2.37. The van der Waals surface area contributed by atoms with Crippen LogP contribution >= 0.6 is 0 Å². The number of aliphatic hydroxyl groups excluding tert-OH is 1. The van der Waals surface area contributed by atoms with Crippen LogP contribution in [0, 0.1) is 11.3 Å². The van der Waals surface area contributed by atoms with Crippen molar-refractivity contribution in [3.8, 4) is 17.6 Å². The molecule has 6 nitrogen and oxygen atoms in total. The van der Waals surface area contributed by atoms with Crippen molar-refractivity contribution in [1.82, 2.24) is 4.90 Å². The fourth-order valence-electron chi connectivity index (χ4n) is 1.92. The molecule has 0 unspecified atom stereocenters. The maximum Gasteiger partial charge on any atom is 0.260 e. The maximum absolute atomic E-state index is 12.1. The minimum Gasteiger partial charge on any atom is -0.493 e. The summed E-state index contributed by atoms with van der Waals surface area (Å²) >= 11 is 0. The third kappa shape index (κ3) is 5.26. The minimum absolute atomic E-state index is 0.0738. The third-order valence-electron chi connectivity index (χ3n) is 3.15. The number of nitriles is 1. The van der Waals surface area contributed by atoms with E-state index in [1.54, 1.807) is 23.1 Å². The van der Waals surface area contributed by atoms with Gasteiger partial charge in [0.25, 0.3) is 5.91 Å². The zero-order valence-electron chi connectivity index (χ0n) is 13.0. The molecule has 0 saturated carbocycles. The molecule has 6 heteroatoms. The summed E-state index contributed by atoms with van der Waals surface area (Å²) in [4.78, 5) is 13.7. The van der Waals surface area contributed by atoms with E-state index in [0.717, 1.165) is 12.8 Å². The van der Waals surface area contributed by atoms with E-state index >= 15 is 0 Å². The molecule has 1 amide bonds. The molecule has 1 aromatic rings. The summed E-state index contributed by atoms with van der Waals surface area (Å²) in [5, 5.41) is 17.9. The molecule has 0 bridgehead atoms. The van der Waals surface area contributed by atoms with E-state index < -0.39 is 0 Å². The van der Waals surface area contributed by atoms with Crippen LogP contribution in [0.2, 0.25) is 0 Å². The molecule has 1 N–H and O–H groups in total. The summed E-state index contributed by atoms with van der Waals surface area (Å²) < 4.78 is 10.6. The molecule has 0 aliphatic rings. The Morgan fingerprint density at radius 1 is 1.36 bits per heavy atom. The Hall–Kier alpha value is -2.26. The summed E-state index contributed by atoms with van der Waals surface area (Å²) in [6.45, 7) is 2.73. The Bertz CT molecular complexity index is 525. The van der Waals surface area contributed by atoms with Gasteiger partial charge in [0.2, 0.25) is 0 Å². The number of benzene rings is 1. The Morgan fingerprint density at radius 2 is 2.14 bits per heavy atom. The van der Waals surface area contributed by atoms with E-state index in [4.69, 9.17) is 19.8 Å². The summed E-state index contributed by atoms with van der Waals surface area (Å²) in [6.07, 6.45) is 1.85. The van der Waals surface area contributed by atoms with Crippen molar-refractivity contribution >= 4 is 5.91 Å². The number of amides is 1. The topological polar surface area (TPSA) is 82.8 Å². The quantitative estimate of drug-likeness (QED) is 0.748. The Morgan fingerprint density at radius 3 is 2.73 bits per heavy atom. The highest BCUT2D eigenvalue weighted by Crippen LogP contribution is 2.27. The molecule has 120 valence electrons. The normalized spacial score (nSPS) is 9.91. The number of ether oxygens (including phenoxy) is 2. The highest BCUT2D eigenvalue weighted by molar-refractivity contribution is 5.77.